The molecule has 2 heterocycles. The van der Waals surface area contributed by atoms with Crippen LogP contribution in [0.2, 0.25) is 0 Å². The van der Waals surface area contributed by atoms with E-state index in [0.717, 1.165) is 17.0 Å². The lowest BCUT2D eigenvalue weighted by Crippen LogP contribution is -2.17. The van der Waals surface area contributed by atoms with Crippen LogP contribution in [0.25, 0.3) is 11.3 Å². The minimum Gasteiger partial charge on any atom is -0.497 e. The van der Waals surface area contributed by atoms with Gasteiger partial charge in [0.1, 0.15) is 5.75 Å². The Hall–Kier alpha value is -1.58. The molecule has 0 saturated carbocycles. The number of methoxy groups -OCH3 is 1. The quantitative estimate of drug-likeness (QED) is 0.805. The number of aromatic nitrogens is 1. The summed E-state index contributed by atoms with van der Waals surface area (Å²) in [5.41, 5.74) is 1.74. The summed E-state index contributed by atoms with van der Waals surface area (Å²) in [5.74, 6) is 1.24. The minimum absolute atomic E-state index is 0.0157. The second kappa shape index (κ2) is 7.76. The molecule has 2 aromatic rings. The van der Waals surface area contributed by atoms with Gasteiger partial charge in [0.25, 0.3) is 0 Å². The first kappa shape index (κ1) is 18.2. The number of benzene rings is 1. The number of carbonyl (C=O) groups is 1. The van der Waals surface area contributed by atoms with E-state index >= 15 is 0 Å². The molecule has 6 nitrogen and oxygen atoms in total. The fourth-order valence-corrected chi connectivity index (χ4v) is 6.65. The zero-order valence-corrected chi connectivity index (χ0v) is 16.0. The van der Waals surface area contributed by atoms with Crippen molar-refractivity contribution < 1.29 is 17.9 Å². The van der Waals surface area contributed by atoms with Crippen molar-refractivity contribution in [1.29, 1.82) is 0 Å². The van der Waals surface area contributed by atoms with Crippen LogP contribution in [0, 0.1) is 0 Å². The molecular weight excluding hydrogens is 380 g/mol. The Kier molecular flexibility index (Phi) is 5.65. The monoisotopic (exact) mass is 398 g/mol. The summed E-state index contributed by atoms with van der Waals surface area (Å²) in [4.78, 5) is 16.4. The largest absolute Gasteiger partial charge is 0.497 e. The van der Waals surface area contributed by atoms with E-state index in [-0.39, 0.29) is 28.4 Å². The van der Waals surface area contributed by atoms with Crippen molar-refractivity contribution in [1.82, 2.24) is 4.98 Å². The Morgan fingerprint density at radius 1 is 1.40 bits per heavy atom. The molecule has 0 radical (unpaired) electrons. The number of hydrogen-bond acceptors (Lipinski definition) is 7. The van der Waals surface area contributed by atoms with Gasteiger partial charge in [-0.15, -0.1) is 23.1 Å². The second-order valence-corrected chi connectivity index (χ2v) is 10.0. The lowest BCUT2D eigenvalue weighted by Gasteiger charge is -2.06. The van der Waals surface area contributed by atoms with Crippen molar-refractivity contribution in [3.8, 4) is 17.0 Å². The fraction of sp³-hybridized carbons (Fsp3) is 0.375. The van der Waals surface area contributed by atoms with Crippen LogP contribution >= 0.6 is 23.1 Å². The summed E-state index contributed by atoms with van der Waals surface area (Å²) in [6.07, 6.45) is 0.624. The number of rotatable bonds is 6. The van der Waals surface area contributed by atoms with E-state index < -0.39 is 9.84 Å². The highest BCUT2D eigenvalue weighted by atomic mass is 32.2. The molecule has 1 aromatic carbocycles. The third-order valence-corrected chi connectivity index (χ3v) is 7.82. The van der Waals surface area contributed by atoms with Gasteiger partial charge in [0.15, 0.2) is 15.0 Å². The van der Waals surface area contributed by atoms with Gasteiger partial charge in [0.05, 0.1) is 30.1 Å². The Morgan fingerprint density at radius 2 is 2.16 bits per heavy atom. The number of amides is 1. The molecule has 1 amide bonds. The van der Waals surface area contributed by atoms with Gasteiger partial charge in [-0.25, -0.2) is 13.4 Å². The lowest BCUT2D eigenvalue weighted by molar-refractivity contribution is -0.113. The topological polar surface area (TPSA) is 85.4 Å². The third kappa shape index (κ3) is 4.96. The van der Waals surface area contributed by atoms with Crippen molar-refractivity contribution in [2.45, 2.75) is 11.7 Å². The summed E-state index contributed by atoms with van der Waals surface area (Å²) in [6.45, 7) is 0. The predicted molar refractivity (Wildman–Crippen MR) is 102 cm³/mol. The summed E-state index contributed by atoms with van der Waals surface area (Å²) < 4.78 is 28.0. The smallest absolute Gasteiger partial charge is 0.236 e. The summed E-state index contributed by atoms with van der Waals surface area (Å²) in [5, 5.41) is 5.21. The first-order chi connectivity index (χ1) is 11.9. The van der Waals surface area contributed by atoms with E-state index in [9.17, 15) is 13.2 Å². The van der Waals surface area contributed by atoms with Gasteiger partial charge in [-0.2, -0.15) is 0 Å². The average molecular weight is 399 g/mol. The van der Waals surface area contributed by atoms with E-state index in [1.54, 1.807) is 7.11 Å². The number of sulfone groups is 1. The number of thioether (sulfide) groups is 1. The maximum atomic E-state index is 12.0. The molecule has 0 aliphatic carbocycles. The molecule has 9 heteroatoms. The van der Waals surface area contributed by atoms with Crippen molar-refractivity contribution in [3.05, 3.63) is 29.6 Å². The molecule has 3 rings (SSSR count). The number of anilines is 1. The fourth-order valence-electron chi connectivity index (χ4n) is 2.47. The van der Waals surface area contributed by atoms with E-state index in [1.807, 2.05) is 29.6 Å². The molecule has 1 aromatic heterocycles. The van der Waals surface area contributed by atoms with Crippen molar-refractivity contribution in [2.75, 3.05) is 29.7 Å². The number of carbonyl (C=O) groups excluding carboxylic acids is 1. The van der Waals surface area contributed by atoms with E-state index in [2.05, 4.69) is 10.3 Å². The van der Waals surface area contributed by atoms with Crippen molar-refractivity contribution in [3.63, 3.8) is 0 Å². The molecule has 134 valence electrons. The molecule has 1 saturated heterocycles. The highest BCUT2D eigenvalue weighted by molar-refractivity contribution is 8.02. The van der Waals surface area contributed by atoms with E-state index in [0.29, 0.717) is 11.6 Å². The molecule has 1 N–H and O–H groups in total. The van der Waals surface area contributed by atoms with E-state index in [1.165, 1.54) is 23.1 Å². The number of nitrogens with zero attached hydrogens (tertiary/aromatic N) is 1. The minimum atomic E-state index is -2.91. The lowest BCUT2D eigenvalue weighted by atomic mass is 10.2. The maximum Gasteiger partial charge on any atom is 0.236 e. The van der Waals surface area contributed by atoms with Gasteiger partial charge in [0, 0.05) is 16.2 Å². The summed E-state index contributed by atoms with van der Waals surface area (Å²) in [7, 11) is -1.29. The predicted octanol–water partition coefficient (Wildman–Crippen LogP) is 2.68. The van der Waals surface area contributed by atoms with Crippen LogP contribution in [0.1, 0.15) is 6.42 Å². The first-order valence-corrected chi connectivity index (χ1v) is 11.4. The Labute approximate surface area is 154 Å². The van der Waals surface area contributed by atoms with Crippen LogP contribution in [0.5, 0.6) is 5.75 Å². The number of hydrogen-bond donors (Lipinski definition) is 1. The van der Waals surface area contributed by atoms with Gasteiger partial charge in [-0.05, 0) is 30.7 Å². The van der Waals surface area contributed by atoms with Crippen molar-refractivity contribution >= 4 is 44.0 Å². The van der Waals surface area contributed by atoms with Crippen LogP contribution < -0.4 is 10.1 Å². The standard InChI is InChI=1S/C16H18N2O4S3/c1-22-12-4-2-11(3-5-12)14-8-24-16(17-14)18-15(19)9-23-13-6-7-25(20,21)10-13/h2-5,8,13H,6-7,9-10H2,1H3,(H,17,18,19)/t13-/m0/s1. The van der Waals surface area contributed by atoms with Crippen LogP contribution in [0.4, 0.5) is 5.13 Å². The molecule has 0 spiro atoms. The average Bonchev–Trinajstić information content (AvgIpc) is 3.19. The number of nitrogens with one attached hydrogen (secondary N) is 1. The summed E-state index contributed by atoms with van der Waals surface area (Å²) in [6, 6.07) is 7.55. The van der Waals surface area contributed by atoms with Crippen molar-refractivity contribution in [2.24, 2.45) is 0 Å². The van der Waals surface area contributed by atoms with Gasteiger partial charge in [0.2, 0.25) is 5.91 Å². The Balaban J connectivity index is 1.53. The van der Waals surface area contributed by atoms with Crippen LogP contribution in [-0.2, 0) is 14.6 Å². The van der Waals surface area contributed by atoms with Gasteiger partial charge in [-0.3, -0.25) is 4.79 Å². The maximum absolute atomic E-state index is 12.0. The van der Waals surface area contributed by atoms with Crippen LogP contribution in [-0.4, -0.2) is 48.9 Å². The molecule has 1 fully saturated rings. The SMILES string of the molecule is COc1ccc(-c2csc(NC(=O)CS[C@H]3CCS(=O)(=O)C3)n2)cc1. The van der Waals surface area contributed by atoms with Crippen LogP contribution in [0.15, 0.2) is 29.6 Å². The highest BCUT2D eigenvalue weighted by Crippen LogP contribution is 2.27. The van der Waals surface area contributed by atoms with E-state index in [4.69, 9.17) is 4.74 Å². The molecule has 0 bridgehead atoms. The normalized spacial score (nSPS) is 18.8. The molecule has 0 unspecified atom stereocenters. The Morgan fingerprint density at radius 3 is 2.80 bits per heavy atom. The zero-order valence-electron chi connectivity index (χ0n) is 13.6. The zero-order chi connectivity index (χ0) is 17.9. The second-order valence-electron chi connectivity index (χ2n) is 5.65. The van der Waals surface area contributed by atoms with Gasteiger partial charge >= 0.3 is 0 Å². The Bertz CT molecular complexity index is 847. The highest BCUT2D eigenvalue weighted by Gasteiger charge is 2.28. The molecular formula is C16H18N2O4S3. The van der Waals surface area contributed by atoms with Crippen LogP contribution in [0.3, 0.4) is 0 Å². The first-order valence-electron chi connectivity index (χ1n) is 7.67. The van der Waals surface area contributed by atoms with Gasteiger partial charge < -0.3 is 10.1 Å². The van der Waals surface area contributed by atoms with Gasteiger partial charge in [-0.1, -0.05) is 0 Å². The summed E-state index contributed by atoms with van der Waals surface area (Å²) >= 11 is 2.75. The molecule has 1 atom stereocenters. The molecule has 25 heavy (non-hydrogen) atoms. The number of ether oxygens (including phenoxy) is 1. The third-order valence-electron chi connectivity index (χ3n) is 3.78. The number of thiazole rings is 1. The molecule has 1 aliphatic rings. The molecule has 1 aliphatic heterocycles.